The van der Waals surface area contributed by atoms with E-state index < -0.39 is 40.0 Å². The van der Waals surface area contributed by atoms with Gasteiger partial charge >= 0.3 is 0 Å². The number of benzene rings is 4. The van der Waals surface area contributed by atoms with E-state index in [4.69, 9.17) is 27.9 Å². The number of carbonyl (C=O) groups excluding carboxylic acids is 2. The zero-order valence-corrected chi connectivity index (χ0v) is 29.4. The Labute approximate surface area is 287 Å². The van der Waals surface area contributed by atoms with Crippen molar-refractivity contribution in [1.82, 2.24) is 10.2 Å². The second kappa shape index (κ2) is 15.2. The molecule has 0 unspecified atom stereocenters. The Kier molecular flexibility index (Phi) is 11.6. The first-order chi connectivity index (χ1) is 22.2. The van der Waals surface area contributed by atoms with Crippen LogP contribution >= 0.6 is 23.2 Å². The Hall–Kier alpha value is -4.05. The van der Waals surface area contributed by atoms with Gasteiger partial charge in [0.1, 0.15) is 18.3 Å². The van der Waals surface area contributed by atoms with Gasteiger partial charge in [-0.1, -0.05) is 89.4 Å². The van der Waals surface area contributed by atoms with E-state index in [1.807, 2.05) is 58.0 Å². The molecule has 0 aromatic heterocycles. The predicted octanol–water partition coefficient (Wildman–Crippen LogP) is 7.06. The molecule has 0 aliphatic heterocycles. The Bertz CT molecular complexity index is 1810. The molecule has 0 radical (unpaired) electrons. The maximum absolute atomic E-state index is 14.7. The first-order valence-corrected chi connectivity index (χ1v) is 17.2. The number of nitrogens with zero attached hydrogens (tertiary/aromatic N) is 2. The van der Waals surface area contributed by atoms with Crippen molar-refractivity contribution in [3.05, 3.63) is 124 Å². The highest BCUT2D eigenvalue weighted by atomic mass is 35.5. The van der Waals surface area contributed by atoms with E-state index in [0.717, 1.165) is 15.4 Å². The summed E-state index contributed by atoms with van der Waals surface area (Å²) in [5.41, 5.74) is 1.74. The number of sulfonamides is 1. The number of halogens is 2. The fourth-order valence-electron chi connectivity index (χ4n) is 5.03. The fraction of sp³-hybridized carbons (Fsp3) is 0.278. The fourth-order valence-corrected chi connectivity index (χ4v) is 6.80. The minimum Gasteiger partial charge on any atom is -0.495 e. The van der Waals surface area contributed by atoms with E-state index in [1.54, 1.807) is 42.5 Å². The second-order valence-electron chi connectivity index (χ2n) is 12.2. The van der Waals surface area contributed by atoms with Crippen LogP contribution in [0.3, 0.4) is 0 Å². The van der Waals surface area contributed by atoms with Crippen molar-refractivity contribution in [2.24, 2.45) is 0 Å². The number of hydrogen-bond donors (Lipinski definition) is 1. The molecule has 47 heavy (non-hydrogen) atoms. The highest BCUT2D eigenvalue weighted by Gasteiger charge is 2.36. The largest absolute Gasteiger partial charge is 0.495 e. The van der Waals surface area contributed by atoms with E-state index in [2.05, 4.69) is 5.32 Å². The Balaban J connectivity index is 1.88. The standard InChI is InChI=1S/C36H39Cl2N3O5S/c1-25-15-18-29(19-16-25)47(44,45)41(31-22-28(37)17-20-33(31)46-5)24-34(42)40(23-27-13-9-10-14-30(27)38)32(35(43)39-36(2,3)4)21-26-11-7-6-8-12-26/h6-20,22,32H,21,23-24H2,1-5H3,(H,39,43)/t32-/m1/s1. The minimum atomic E-state index is -4.34. The topological polar surface area (TPSA) is 96.0 Å². The third kappa shape index (κ3) is 9.28. The molecule has 4 aromatic carbocycles. The normalized spacial score (nSPS) is 12.2. The van der Waals surface area contributed by atoms with Gasteiger partial charge in [-0.3, -0.25) is 13.9 Å². The highest BCUT2D eigenvalue weighted by Crippen LogP contribution is 2.35. The van der Waals surface area contributed by atoms with Crippen LogP contribution in [-0.2, 0) is 32.6 Å². The maximum Gasteiger partial charge on any atom is 0.264 e. The van der Waals surface area contributed by atoms with Gasteiger partial charge in [0, 0.05) is 28.5 Å². The summed E-state index contributed by atoms with van der Waals surface area (Å²) >= 11 is 12.9. The van der Waals surface area contributed by atoms with Gasteiger partial charge in [0.05, 0.1) is 17.7 Å². The van der Waals surface area contributed by atoms with Crippen molar-refractivity contribution in [2.45, 2.75) is 57.1 Å². The molecular weight excluding hydrogens is 657 g/mol. The van der Waals surface area contributed by atoms with E-state index >= 15 is 0 Å². The summed E-state index contributed by atoms with van der Waals surface area (Å²) in [6, 6.07) is 26.2. The summed E-state index contributed by atoms with van der Waals surface area (Å²) < 4.78 is 35.2. The molecule has 1 N–H and O–H groups in total. The zero-order chi connectivity index (χ0) is 34.4. The van der Waals surface area contributed by atoms with Gasteiger partial charge in [0.15, 0.2) is 0 Å². The molecule has 8 nitrogen and oxygen atoms in total. The predicted molar refractivity (Wildman–Crippen MR) is 188 cm³/mol. The lowest BCUT2D eigenvalue weighted by Crippen LogP contribution is -2.56. The van der Waals surface area contributed by atoms with Crippen LogP contribution in [0.15, 0.2) is 102 Å². The molecule has 2 amide bonds. The molecule has 11 heteroatoms. The Morgan fingerprint density at radius 2 is 1.53 bits per heavy atom. The molecule has 248 valence electrons. The van der Waals surface area contributed by atoms with E-state index in [-0.39, 0.29) is 34.3 Å². The summed E-state index contributed by atoms with van der Waals surface area (Å²) in [6.45, 7) is 6.69. The molecule has 0 bridgehead atoms. The Morgan fingerprint density at radius 3 is 2.15 bits per heavy atom. The van der Waals surface area contributed by atoms with Gasteiger partial charge in [-0.05, 0) is 75.2 Å². The smallest absolute Gasteiger partial charge is 0.264 e. The third-order valence-electron chi connectivity index (χ3n) is 7.37. The minimum absolute atomic E-state index is 0.0260. The molecule has 0 fully saturated rings. The summed E-state index contributed by atoms with van der Waals surface area (Å²) in [5.74, 6) is -0.829. The second-order valence-corrected chi connectivity index (χ2v) is 14.9. The molecule has 1 atom stereocenters. The maximum atomic E-state index is 14.7. The molecule has 0 aliphatic carbocycles. The van der Waals surface area contributed by atoms with E-state index in [9.17, 15) is 18.0 Å². The number of nitrogens with one attached hydrogen (secondary N) is 1. The van der Waals surface area contributed by atoms with Gasteiger partial charge in [-0.25, -0.2) is 8.42 Å². The number of anilines is 1. The average Bonchev–Trinajstić information content (AvgIpc) is 3.02. The summed E-state index contributed by atoms with van der Waals surface area (Å²) in [4.78, 5) is 30.1. The van der Waals surface area contributed by atoms with Gasteiger partial charge in [0.2, 0.25) is 11.8 Å². The number of carbonyl (C=O) groups is 2. The molecular formula is C36H39Cl2N3O5S. The van der Waals surface area contributed by atoms with Gasteiger partial charge < -0.3 is 15.0 Å². The van der Waals surface area contributed by atoms with Crippen molar-refractivity contribution < 1.29 is 22.7 Å². The van der Waals surface area contributed by atoms with Crippen molar-refractivity contribution in [3.63, 3.8) is 0 Å². The van der Waals surface area contributed by atoms with Crippen LogP contribution in [0.25, 0.3) is 0 Å². The van der Waals surface area contributed by atoms with E-state index in [1.165, 1.54) is 36.3 Å². The number of ether oxygens (including phenoxy) is 1. The van der Waals surface area contributed by atoms with Crippen molar-refractivity contribution in [3.8, 4) is 5.75 Å². The van der Waals surface area contributed by atoms with Crippen LogP contribution in [0.4, 0.5) is 5.69 Å². The van der Waals surface area contributed by atoms with Crippen molar-refractivity contribution in [1.29, 1.82) is 0 Å². The van der Waals surface area contributed by atoms with Crippen molar-refractivity contribution >= 4 is 50.7 Å². The number of rotatable bonds is 12. The van der Waals surface area contributed by atoms with Crippen LogP contribution in [0.1, 0.15) is 37.5 Å². The quantitative estimate of drug-likeness (QED) is 0.171. The van der Waals surface area contributed by atoms with Crippen LogP contribution in [-0.4, -0.2) is 50.4 Å². The van der Waals surface area contributed by atoms with Gasteiger partial charge in [0.25, 0.3) is 10.0 Å². The number of methoxy groups -OCH3 is 1. The SMILES string of the molecule is COc1ccc(Cl)cc1N(CC(=O)N(Cc1ccccc1Cl)[C@H](Cc1ccccc1)C(=O)NC(C)(C)C)S(=O)(=O)c1ccc(C)cc1. The highest BCUT2D eigenvalue weighted by molar-refractivity contribution is 7.92. The van der Waals surface area contributed by atoms with Crippen LogP contribution < -0.4 is 14.4 Å². The monoisotopic (exact) mass is 695 g/mol. The first-order valence-electron chi connectivity index (χ1n) is 15.0. The lowest BCUT2D eigenvalue weighted by Gasteiger charge is -2.35. The molecule has 0 spiro atoms. The van der Waals surface area contributed by atoms with Gasteiger partial charge in [-0.2, -0.15) is 0 Å². The van der Waals surface area contributed by atoms with Crippen LogP contribution in [0.2, 0.25) is 10.0 Å². The molecule has 4 aromatic rings. The van der Waals surface area contributed by atoms with E-state index in [0.29, 0.717) is 10.6 Å². The summed E-state index contributed by atoms with van der Waals surface area (Å²) in [5, 5.41) is 3.66. The Morgan fingerprint density at radius 1 is 0.894 bits per heavy atom. The molecule has 0 aliphatic rings. The lowest BCUT2D eigenvalue weighted by molar-refractivity contribution is -0.140. The average molecular weight is 697 g/mol. The number of aryl methyl sites for hydroxylation is 1. The van der Waals surface area contributed by atoms with Crippen LogP contribution in [0.5, 0.6) is 5.75 Å². The van der Waals surface area contributed by atoms with Crippen molar-refractivity contribution in [2.75, 3.05) is 18.0 Å². The third-order valence-corrected chi connectivity index (χ3v) is 9.74. The zero-order valence-electron chi connectivity index (χ0n) is 27.0. The molecule has 0 heterocycles. The summed E-state index contributed by atoms with van der Waals surface area (Å²) in [6.07, 6.45) is 0.171. The lowest BCUT2D eigenvalue weighted by atomic mass is 10.0. The molecule has 0 saturated heterocycles. The van der Waals surface area contributed by atoms with Gasteiger partial charge in [-0.15, -0.1) is 0 Å². The summed E-state index contributed by atoms with van der Waals surface area (Å²) in [7, 11) is -2.94. The molecule has 0 saturated carbocycles. The first kappa shape index (κ1) is 35.8. The number of amides is 2. The molecule has 4 rings (SSSR count). The van der Waals surface area contributed by atoms with Crippen LogP contribution in [0, 0.1) is 6.92 Å². The number of hydrogen-bond acceptors (Lipinski definition) is 5.